The molecule has 0 saturated carbocycles. The summed E-state index contributed by atoms with van der Waals surface area (Å²) in [5.74, 6) is 1.24. The van der Waals surface area contributed by atoms with Crippen LogP contribution in [0.5, 0.6) is 17.4 Å². The zero-order valence-electron chi connectivity index (χ0n) is 17.3. The van der Waals surface area contributed by atoms with Crippen molar-refractivity contribution in [2.45, 2.75) is 19.4 Å². The van der Waals surface area contributed by atoms with Crippen LogP contribution < -0.4 is 14.8 Å². The largest absolute Gasteiger partial charge is 0.488 e. The van der Waals surface area contributed by atoms with Gasteiger partial charge in [-0.15, -0.1) is 0 Å². The topological polar surface area (TPSA) is 133 Å². The summed E-state index contributed by atoms with van der Waals surface area (Å²) in [7, 11) is -3.08. The van der Waals surface area contributed by atoms with E-state index in [9.17, 15) is 13.2 Å². The average Bonchev–Trinajstić information content (AvgIpc) is 3.13. The van der Waals surface area contributed by atoms with Crippen molar-refractivity contribution in [3.8, 4) is 28.8 Å². The maximum Gasteiger partial charge on any atom is 0.262 e. The van der Waals surface area contributed by atoms with Gasteiger partial charge in [0.2, 0.25) is 0 Å². The molecule has 0 bridgehead atoms. The molecule has 3 aromatic heterocycles. The van der Waals surface area contributed by atoms with Gasteiger partial charge in [-0.2, -0.15) is 0 Å². The van der Waals surface area contributed by atoms with Crippen LogP contribution in [0.4, 0.5) is 0 Å². The number of carbonyl (C=O) groups excluding carboxylic acids is 1. The van der Waals surface area contributed by atoms with Crippen LogP contribution in [0.25, 0.3) is 11.4 Å². The highest BCUT2D eigenvalue weighted by Crippen LogP contribution is 2.30. The third kappa shape index (κ3) is 5.17. The second kappa shape index (κ2) is 9.27. The lowest BCUT2D eigenvalue weighted by molar-refractivity contribution is 0.0940. The Kier molecular flexibility index (Phi) is 6.26. The predicted molar refractivity (Wildman–Crippen MR) is 115 cm³/mol. The van der Waals surface area contributed by atoms with E-state index in [1.54, 1.807) is 30.6 Å². The highest BCUT2D eigenvalue weighted by molar-refractivity contribution is 7.91. The van der Waals surface area contributed by atoms with E-state index in [1.165, 1.54) is 18.6 Å². The first-order valence-electron chi connectivity index (χ1n) is 9.98. The molecule has 0 aliphatic carbocycles. The molecule has 0 spiro atoms. The van der Waals surface area contributed by atoms with Crippen LogP contribution in [-0.4, -0.2) is 58.4 Å². The minimum Gasteiger partial charge on any atom is -0.488 e. The van der Waals surface area contributed by atoms with Crippen molar-refractivity contribution in [3.63, 3.8) is 0 Å². The predicted octanol–water partition coefficient (Wildman–Crippen LogP) is 2.04. The van der Waals surface area contributed by atoms with Crippen molar-refractivity contribution in [3.05, 3.63) is 54.7 Å². The molecule has 4 heterocycles. The molecule has 1 N–H and O–H groups in total. The Morgan fingerprint density at radius 2 is 2.00 bits per heavy atom. The van der Waals surface area contributed by atoms with E-state index in [2.05, 4.69) is 25.3 Å². The van der Waals surface area contributed by atoms with Crippen LogP contribution in [0.3, 0.4) is 0 Å². The van der Waals surface area contributed by atoms with Gasteiger partial charge in [0.25, 0.3) is 11.8 Å². The molecule has 4 rings (SSSR count). The second-order valence-corrected chi connectivity index (χ2v) is 9.35. The maximum atomic E-state index is 12.4. The highest BCUT2D eigenvalue weighted by atomic mass is 32.2. The lowest BCUT2D eigenvalue weighted by Crippen LogP contribution is -2.35. The minimum atomic E-state index is -3.08. The average molecular weight is 455 g/mol. The summed E-state index contributed by atoms with van der Waals surface area (Å²) in [6.45, 7) is 2.35. The Morgan fingerprint density at radius 3 is 2.72 bits per heavy atom. The highest BCUT2D eigenvalue weighted by Gasteiger charge is 2.29. The Bertz CT molecular complexity index is 1220. The first-order chi connectivity index (χ1) is 15.4. The molecular weight excluding hydrogens is 434 g/mol. The molecular formula is C21H21N5O5S. The summed E-state index contributed by atoms with van der Waals surface area (Å²) in [5.41, 5.74) is 0.832. The summed E-state index contributed by atoms with van der Waals surface area (Å²) >= 11 is 0. The molecule has 3 aromatic rings. The van der Waals surface area contributed by atoms with E-state index in [-0.39, 0.29) is 17.1 Å². The van der Waals surface area contributed by atoms with Crippen molar-refractivity contribution < 1.29 is 22.7 Å². The number of nitrogens with zero attached hydrogens (tertiary/aromatic N) is 4. The van der Waals surface area contributed by atoms with E-state index in [1.807, 2.05) is 6.92 Å². The van der Waals surface area contributed by atoms with E-state index in [0.29, 0.717) is 41.8 Å². The van der Waals surface area contributed by atoms with Gasteiger partial charge in [-0.25, -0.2) is 23.4 Å². The maximum absolute atomic E-state index is 12.4. The van der Waals surface area contributed by atoms with E-state index < -0.39 is 21.8 Å². The molecule has 0 aromatic carbocycles. The quantitative estimate of drug-likeness (QED) is 0.568. The molecule has 32 heavy (non-hydrogen) atoms. The monoisotopic (exact) mass is 455 g/mol. The van der Waals surface area contributed by atoms with Gasteiger partial charge in [0.1, 0.15) is 5.75 Å². The van der Waals surface area contributed by atoms with Gasteiger partial charge in [-0.05, 0) is 31.5 Å². The Balaban J connectivity index is 1.46. The number of rotatable bonds is 7. The fourth-order valence-electron chi connectivity index (χ4n) is 3.20. The van der Waals surface area contributed by atoms with Crippen LogP contribution in [0, 0.1) is 0 Å². The Hall–Kier alpha value is -3.60. The third-order valence-corrected chi connectivity index (χ3v) is 6.47. The van der Waals surface area contributed by atoms with Crippen molar-refractivity contribution in [1.82, 2.24) is 25.3 Å². The van der Waals surface area contributed by atoms with Gasteiger partial charge in [0.05, 0.1) is 29.9 Å². The molecule has 1 aliphatic rings. The van der Waals surface area contributed by atoms with E-state index >= 15 is 0 Å². The Labute approximate surface area is 185 Å². The molecule has 1 saturated heterocycles. The standard InChI is InChI=1S/C21H21N5O5S/c1-2-30-18-4-3-6-23-21(18)31-17-8-14(9-22-12-17)19-24-10-15(11-25-19)20(27)26-16-5-7-32(28,29)13-16/h3-4,6,8-12,16H,2,5,7,13H2,1H3,(H,26,27). The first kappa shape index (κ1) is 21.6. The summed E-state index contributed by atoms with van der Waals surface area (Å²) in [6, 6.07) is 4.83. The molecule has 10 nitrogen and oxygen atoms in total. The molecule has 11 heteroatoms. The Morgan fingerprint density at radius 1 is 1.19 bits per heavy atom. The first-order valence-corrected chi connectivity index (χ1v) is 11.8. The third-order valence-electron chi connectivity index (χ3n) is 4.70. The number of sulfone groups is 1. The number of hydrogen-bond acceptors (Lipinski definition) is 9. The van der Waals surface area contributed by atoms with Crippen molar-refractivity contribution in [2.75, 3.05) is 18.1 Å². The zero-order chi connectivity index (χ0) is 22.6. The van der Waals surface area contributed by atoms with Crippen LogP contribution in [0.2, 0.25) is 0 Å². The van der Waals surface area contributed by atoms with Crippen molar-refractivity contribution in [1.29, 1.82) is 0 Å². The van der Waals surface area contributed by atoms with Gasteiger partial charge in [-0.1, -0.05) is 0 Å². The van der Waals surface area contributed by atoms with Crippen molar-refractivity contribution >= 4 is 15.7 Å². The number of hydrogen-bond donors (Lipinski definition) is 1. The van der Waals surface area contributed by atoms with Crippen molar-refractivity contribution in [2.24, 2.45) is 0 Å². The van der Waals surface area contributed by atoms with Gasteiger partial charge >= 0.3 is 0 Å². The molecule has 1 fully saturated rings. The molecule has 1 amide bonds. The number of ether oxygens (including phenoxy) is 2. The lowest BCUT2D eigenvalue weighted by Gasteiger charge is -2.11. The zero-order valence-corrected chi connectivity index (χ0v) is 18.1. The van der Waals surface area contributed by atoms with Gasteiger partial charge in [-0.3, -0.25) is 9.78 Å². The number of nitrogens with one attached hydrogen (secondary N) is 1. The van der Waals surface area contributed by atoms with Gasteiger partial charge in [0.15, 0.2) is 21.4 Å². The SMILES string of the molecule is CCOc1cccnc1Oc1cncc(-c2ncc(C(=O)NC3CCS(=O)(=O)C3)cn2)c1. The molecule has 1 unspecified atom stereocenters. The molecule has 166 valence electrons. The smallest absolute Gasteiger partial charge is 0.262 e. The van der Waals surface area contributed by atoms with Crippen LogP contribution >= 0.6 is 0 Å². The van der Waals surface area contributed by atoms with Gasteiger partial charge in [0, 0.05) is 36.4 Å². The fraction of sp³-hybridized carbons (Fsp3) is 0.286. The normalized spacial score (nSPS) is 17.0. The van der Waals surface area contributed by atoms with Crippen LogP contribution in [-0.2, 0) is 9.84 Å². The van der Waals surface area contributed by atoms with E-state index in [4.69, 9.17) is 9.47 Å². The van der Waals surface area contributed by atoms with Gasteiger partial charge < -0.3 is 14.8 Å². The second-order valence-electron chi connectivity index (χ2n) is 7.12. The molecule has 0 radical (unpaired) electrons. The fourth-order valence-corrected chi connectivity index (χ4v) is 4.87. The van der Waals surface area contributed by atoms with E-state index in [0.717, 1.165) is 0 Å². The number of carbonyl (C=O) groups is 1. The number of amides is 1. The molecule has 1 aliphatic heterocycles. The lowest BCUT2D eigenvalue weighted by atomic mass is 10.2. The summed E-state index contributed by atoms with van der Waals surface area (Å²) in [5, 5.41) is 2.71. The van der Waals surface area contributed by atoms with Crippen LogP contribution in [0.1, 0.15) is 23.7 Å². The number of pyridine rings is 2. The summed E-state index contributed by atoms with van der Waals surface area (Å²) in [6.07, 6.45) is 7.90. The van der Waals surface area contributed by atoms with Crippen LogP contribution in [0.15, 0.2) is 49.2 Å². The summed E-state index contributed by atoms with van der Waals surface area (Å²) < 4.78 is 34.4. The molecule has 1 atom stereocenters. The number of aromatic nitrogens is 4. The minimum absolute atomic E-state index is 0.0442. The summed E-state index contributed by atoms with van der Waals surface area (Å²) in [4.78, 5) is 29.2.